The summed E-state index contributed by atoms with van der Waals surface area (Å²) in [6.07, 6.45) is 0.752. The number of aliphatic hydroxyl groups excluding tert-OH is 1. The molecule has 0 aliphatic heterocycles. The van der Waals surface area contributed by atoms with Crippen LogP contribution in [0.25, 0.3) is 0 Å². The summed E-state index contributed by atoms with van der Waals surface area (Å²) in [5, 5.41) is 10.1. The SMILES string of the molecule is C=CC(=O)N(C(N)=O)C(=O)NCO. The minimum absolute atomic E-state index is 0.114. The highest BCUT2D eigenvalue weighted by Gasteiger charge is 2.23. The van der Waals surface area contributed by atoms with Gasteiger partial charge in [-0.1, -0.05) is 6.58 Å². The number of urea groups is 2. The van der Waals surface area contributed by atoms with E-state index in [1.165, 1.54) is 0 Å². The first-order valence-corrected chi connectivity index (χ1v) is 3.19. The first-order valence-electron chi connectivity index (χ1n) is 3.19. The van der Waals surface area contributed by atoms with E-state index < -0.39 is 24.7 Å². The number of carbonyl (C=O) groups is 3. The van der Waals surface area contributed by atoms with Crippen molar-refractivity contribution in [1.82, 2.24) is 10.2 Å². The molecular weight excluding hydrogens is 178 g/mol. The summed E-state index contributed by atoms with van der Waals surface area (Å²) in [4.78, 5) is 32.4. The van der Waals surface area contributed by atoms with Gasteiger partial charge in [-0.15, -0.1) is 0 Å². The molecule has 0 aliphatic carbocycles. The van der Waals surface area contributed by atoms with Gasteiger partial charge in [0.15, 0.2) is 0 Å². The van der Waals surface area contributed by atoms with Crippen molar-refractivity contribution < 1.29 is 19.5 Å². The van der Waals surface area contributed by atoms with Crippen LogP contribution in [0, 0.1) is 0 Å². The Kier molecular flexibility index (Phi) is 4.17. The predicted molar refractivity (Wildman–Crippen MR) is 42.2 cm³/mol. The molecule has 0 unspecified atom stereocenters. The van der Waals surface area contributed by atoms with Crippen LogP contribution in [0.4, 0.5) is 9.59 Å². The molecule has 0 bridgehead atoms. The van der Waals surface area contributed by atoms with Crippen molar-refractivity contribution in [1.29, 1.82) is 0 Å². The number of hydrogen-bond donors (Lipinski definition) is 3. The first-order chi connectivity index (χ1) is 6.04. The Labute approximate surface area is 73.8 Å². The molecule has 4 N–H and O–H groups in total. The predicted octanol–water partition coefficient (Wildman–Crippen LogP) is -1.26. The number of rotatable bonds is 2. The normalized spacial score (nSPS) is 8.69. The molecule has 0 aliphatic rings. The fraction of sp³-hybridized carbons (Fsp3) is 0.167. The minimum Gasteiger partial charge on any atom is -0.376 e. The molecule has 72 valence electrons. The molecule has 7 nitrogen and oxygen atoms in total. The van der Waals surface area contributed by atoms with Gasteiger partial charge in [0, 0.05) is 0 Å². The third-order valence-electron chi connectivity index (χ3n) is 1.05. The van der Waals surface area contributed by atoms with Crippen molar-refractivity contribution in [2.45, 2.75) is 0 Å². The molecule has 0 rings (SSSR count). The van der Waals surface area contributed by atoms with Gasteiger partial charge in [0.1, 0.15) is 6.73 Å². The summed E-state index contributed by atoms with van der Waals surface area (Å²) in [6.45, 7) is 2.36. The Balaban J connectivity index is 4.60. The van der Waals surface area contributed by atoms with E-state index in [1.54, 1.807) is 0 Å². The van der Waals surface area contributed by atoms with Gasteiger partial charge in [0.25, 0.3) is 5.91 Å². The van der Waals surface area contributed by atoms with Crippen LogP contribution in [0.15, 0.2) is 12.7 Å². The van der Waals surface area contributed by atoms with E-state index in [0.717, 1.165) is 6.08 Å². The quantitative estimate of drug-likeness (QED) is 0.370. The molecule has 0 aromatic heterocycles. The Bertz CT molecular complexity index is 250. The fourth-order valence-corrected chi connectivity index (χ4v) is 0.547. The van der Waals surface area contributed by atoms with Crippen LogP contribution in [0.2, 0.25) is 0 Å². The van der Waals surface area contributed by atoms with E-state index in [-0.39, 0.29) is 4.90 Å². The van der Waals surface area contributed by atoms with Crippen molar-refractivity contribution in [2.75, 3.05) is 6.73 Å². The van der Waals surface area contributed by atoms with Crippen LogP contribution in [-0.4, -0.2) is 34.7 Å². The third-order valence-corrected chi connectivity index (χ3v) is 1.05. The molecule has 0 saturated carbocycles. The molecule has 0 aromatic rings. The van der Waals surface area contributed by atoms with E-state index in [0.29, 0.717) is 0 Å². The first kappa shape index (κ1) is 11.1. The Morgan fingerprint density at radius 1 is 1.54 bits per heavy atom. The van der Waals surface area contributed by atoms with E-state index in [4.69, 9.17) is 10.8 Å². The highest BCUT2D eigenvalue weighted by atomic mass is 16.3. The van der Waals surface area contributed by atoms with Gasteiger partial charge in [-0.05, 0) is 6.08 Å². The number of nitrogens with two attached hydrogens (primary N) is 1. The molecule has 5 amide bonds. The number of carbonyl (C=O) groups excluding carboxylic acids is 3. The smallest absolute Gasteiger partial charge is 0.334 e. The van der Waals surface area contributed by atoms with Crippen LogP contribution in [-0.2, 0) is 4.79 Å². The summed E-state index contributed by atoms with van der Waals surface area (Å²) >= 11 is 0. The van der Waals surface area contributed by atoms with Gasteiger partial charge in [0.05, 0.1) is 0 Å². The minimum atomic E-state index is -1.24. The number of aliphatic hydroxyl groups is 1. The molecular formula is C6H9N3O4. The fourth-order valence-electron chi connectivity index (χ4n) is 0.547. The molecule has 0 radical (unpaired) electrons. The molecule has 7 heteroatoms. The van der Waals surface area contributed by atoms with Gasteiger partial charge >= 0.3 is 12.1 Å². The molecule has 0 aromatic carbocycles. The van der Waals surface area contributed by atoms with Crippen molar-refractivity contribution in [3.05, 3.63) is 12.7 Å². The number of nitrogens with one attached hydrogen (secondary N) is 1. The third kappa shape index (κ3) is 2.91. The second-order valence-electron chi connectivity index (χ2n) is 1.86. The topological polar surface area (TPSA) is 113 Å². The van der Waals surface area contributed by atoms with E-state index in [2.05, 4.69) is 6.58 Å². The van der Waals surface area contributed by atoms with Gasteiger partial charge < -0.3 is 16.2 Å². The van der Waals surface area contributed by atoms with Crippen LogP contribution in [0.3, 0.4) is 0 Å². The lowest BCUT2D eigenvalue weighted by atomic mass is 10.5. The summed E-state index contributed by atoms with van der Waals surface area (Å²) in [6, 6.07) is -2.34. The summed E-state index contributed by atoms with van der Waals surface area (Å²) in [5.74, 6) is -0.960. The highest BCUT2D eigenvalue weighted by molar-refractivity contribution is 6.12. The maximum absolute atomic E-state index is 10.9. The maximum atomic E-state index is 10.9. The van der Waals surface area contributed by atoms with Crippen LogP contribution >= 0.6 is 0 Å². The summed E-state index contributed by atoms with van der Waals surface area (Å²) < 4.78 is 0. The summed E-state index contributed by atoms with van der Waals surface area (Å²) in [7, 11) is 0. The van der Waals surface area contributed by atoms with Gasteiger partial charge in [-0.25, -0.2) is 9.59 Å². The number of primary amides is 1. The average molecular weight is 187 g/mol. The van der Waals surface area contributed by atoms with Crippen molar-refractivity contribution in [3.63, 3.8) is 0 Å². The van der Waals surface area contributed by atoms with E-state index in [9.17, 15) is 14.4 Å². The lowest BCUT2D eigenvalue weighted by molar-refractivity contribution is -0.121. The number of hydrogen-bond acceptors (Lipinski definition) is 4. The highest BCUT2D eigenvalue weighted by Crippen LogP contribution is 1.91. The number of imide groups is 3. The average Bonchev–Trinajstić information content (AvgIpc) is 2.04. The Morgan fingerprint density at radius 2 is 2.08 bits per heavy atom. The van der Waals surface area contributed by atoms with Gasteiger partial charge in [0.2, 0.25) is 0 Å². The van der Waals surface area contributed by atoms with Crippen LogP contribution in [0.1, 0.15) is 0 Å². The van der Waals surface area contributed by atoms with Crippen LogP contribution in [0.5, 0.6) is 0 Å². The zero-order valence-corrected chi connectivity index (χ0v) is 6.69. The number of amides is 5. The Morgan fingerprint density at radius 3 is 2.38 bits per heavy atom. The lowest BCUT2D eigenvalue weighted by Crippen LogP contribution is -2.49. The van der Waals surface area contributed by atoms with Gasteiger partial charge in [-0.3, -0.25) is 4.79 Å². The molecule has 0 atom stereocenters. The lowest BCUT2D eigenvalue weighted by Gasteiger charge is -2.13. The monoisotopic (exact) mass is 187 g/mol. The zero-order chi connectivity index (χ0) is 10.4. The van der Waals surface area contributed by atoms with E-state index in [1.807, 2.05) is 5.32 Å². The molecule has 0 saturated heterocycles. The second-order valence-corrected chi connectivity index (χ2v) is 1.86. The Hall–Kier alpha value is -1.89. The van der Waals surface area contributed by atoms with Crippen molar-refractivity contribution in [2.24, 2.45) is 5.73 Å². The van der Waals surface area contributed by atoms with Crippen LogP contribution < -0.4 is 11.1 Å². The van der Waals surface area contributed by atoms with E-state index >= 15 is 0 Å². The van der Waals surface area contributed by atoms with Crippen molar-refractivity contribution >= 4 is 18.0 Å². The molecule has 13 heavy (non-hydrogen) atoms. The maximum Gasteiger partial charge on any atom is 0.334 e. The van der Waals surface area contributed by atoms with Gasteiger partial charge in [-0.2, -0.15) is 4.90 Å². The largest absolute Gasteiger partial charge is 0.376 e. The van der Waals surface area contributed by atoms with Crippen molar-refractivity contribution in [3.8, 4) is 0 Å². The summed E-state index contributed by atoms with van der Waals surface area (Å²) in [5.41, 5.74) is 4.72. The second kappa shape index (κ2) is 4.88. The molecule has 0 spiro atoms. The zero-order valence-electron chi connectivity index (χ0n) is 6.69. The standard InChI is InChI=1S/C6H9N3O4/c1-2-4(11)9(5(7)12)6(13)8-3-10/h2,10H,1,3H2,(H2,7,12)(H,8,13). The number of nitrogens with zero attached hydrogens (tertiary/aromatic N) is 1. The molecule has 0 fully saturated rings. The molecule has 0 heterocycles.